The normalized spacial score (nSPS) is 31.3. The summed E-state index contributed by atoms with van der Waals surface area (Å²) in [5.74, 6) is 0.131. The van der Waals surface area contributed by atoms with Crippen molar-refractivity contribution < 1.29 is 9.76 Å². The smallest absolute Gasteiger partial charge is 0.278 e. The first-order chi connectivity index (χ1) is 8.39. The fourth-order valence-electron chi connectivity index (χ4n) is 2.96. The highest BCUT2D eigenvalue weighted by Gasteiger charge is 2.76. The first-order valence-electron chi connectivity index (χ1n) is 5.89. The number of nitrogens with zero attached hydrogens (tertiary/aromatic N) is 2. The molecular weight excluding hydrogens is 232 g/mol. The van der Waals surface area contributed by atoms with Gasteiger partial charge in [-0.05, 0) is 13.0 Å². The summed E-state index contributed by atoms with van der Waals surface area (Å²) in [5, 5.41) is 15.1. The van der Waals surface area contributed by atoms with Crippen LogP contribution in [0.25, 0.3) is 0 Å². The lowest BCUT2D eigenvalue weighted by molar-refractivity contribution is -0.385. The van der Waals surface area contributed by atoms with E-state index in [-0.39, 0.29) is 27.5 Å². The van der Waals surface area contributed by atoms with Crippen LogP contribution < -0.4 is 0 Å². The van der Waals surface area contributed by atoms with Crippen LogP contribution in [0.5, 0.6) is 0 Å². The number of nitro groups is 1. The molecule has 1 aliphatic carbocycles. The van der Waals surface area contributed by atoms with Crippen LogP contribution >= 0.6 is 0 Å². The van der Waals surface area contributed by atoms with E-state index in [9.17, 15) is 10.1 Å². The Labute approximate surface area is 105 Å². The molecular formula is C13H14N2O3. The quantitative estimate of drug-likeness (QED) is 0.595. The molecule has 0 saturated heterocycles. The van der Waals surface area contributed by atoms with E-state index in [1.165, 1.54) is 6.07 Å². The largest absolute Gasteiger partial charge is 0.388 e. The molecule has 2 atom stereocenters. The lowest BCUT2D eigenvalue weighted by Gasteiger charge is -2.11. The van der Waals surface area contributed by atoms with Crippen molar-refractivity contribution in [3.8, 4) is 0 Å². The third-order valence-corrected chi connectivity index (χ3v) is 4.45. The zero-order valence-electron chi connectivity index (χ0n) is 10.5. The van der Waals surface area contributed by atoms with Gasteiger partial charge in [-0.2, -0.15) is 0 Å². The number of benzene rings is 1. The van der Waals surface area contributed by atoms with Gasteiger partial charge in [-0.3, -0.25) is 10.1 Å². The molecule has 3 rings (SSSR count). The Bertz CT molecular complexity index is 579. The highest BCUT2D eigenvalue weighted by Crippen LogP contribution is 2.68. The van der Waals surface area contributed by atoms with E-state index < -0.39 is 0 Å². The van der Waals surface area contributed by atoms with Gasteiger partial charge in [-0.1, -0.05) is 31.1 Å². The standard InChI is InChI=1S/C13H14N2O3/c1-12(2)11-10(14-18-13(11,12)3)8-6-4-5-7-9(8)15(16)17/h4-7,11H,1-3H3/t11-,13-/m0/s1. The molecule has 0 amide bonds. The van der Waals surface area contributed by atoms with Crippen molar-refractivity contribution in [3.05, 3.63) is 39.9 Å². The van der Waals surface area contributed by atoms with E-state index >= 15 is 0 Å². The molecule has 2 aliphatic rings. The first-order valence-corrected chi connectivity index (χ1v) is 5.89. The molecule has 94 valence electrons. The van der Waals surface area contributed by atoms with Crippen molar-refractivity contribution in [2.45, 2.75) is 26.4 Å². The average molecular weight is 246 g/mol. The second-order valence-electron chi connectivity index (χ2n) is 5.60. The van der Waals surface area contributed by atoms with E-state index in [0.717, 1.165) is 0 Å². The van der Waals surface area contributed by atoms with Gasteiger partial charge in [-0.15, -0.1) is 0 Å². The molecule has 5 heteroatoms. The molecule has 1 saturated carbocycles. The topological polar surface area (TPSA) is 64.7 Å². The third kappa shape index (κ3) is 1.14. The molecule has 0 radical (unpaired) electrons. The van der Waals surface area contributed by atoms with Crippen molar-refractivity contribution in [2.75, 3.05) is 0 Å². The summed E-state index contributed by atoms with van der Waals surface area (Å²) in [7, 11) is 0. The molecule has 0 aromatic heterocycles. The monoisotopic (exact) mass is 246 g/mol. The maximum Gasteiger partial charge on any atom is 0.278 e. The van der Waals surface area contributed by atoms with Gasteiger partial charge in [-0.25, -0.2) is 0 Å². The Kier molecular flexibility index (Phi) is 1.93. The summed E-state index contributed by atoms with van der Waals surface area (Å²) in [6, 6.07) is 6.69. The number of hydrogen-bond donors (Lipinski definition) is 0. The van der Waals surface area contributed by atoms with Crippen LogP contribution in [0.15, 0.2) is 29.4 Å². The number of oxime groups is 1. The fraction of sp³-hybridized carbons (Fsp3) is 0.462. The molecule has 1 aromatic rings. The Morgan fingerprint density at radius 3 is 2.56 bits per heavy atom. The molecule has 0 N–H and O–H groups in total. The Morgan fingerprint density at radius 1 is 1.33 bits per heavy atom. The van der Waals surface area contributed by atoms with Crippen molar-refractivity contribution in [1.29, 1.82) is 0 Å². The molecule has 1 heterocycles. The van der Waals surface area contributed by atoms with E-state index in [0.29, 0.717) is 11.3 Å². The molecule has 0 bridgehead atoms. The molecule has 1 aromatic carbocycles. The summed E-state index contributed by atoms with van der Waals surface area (Å²) < 4.78 is 0. The highest BCUT2D eigenvalue weighted by atomic mass is 16.7. The minimum absolute atomic E-state index is 0.0200. The fourth-order valence-corrected chi connectivity index (χ4v) is 2.96. The molecule has 18 heavy (non-hydrogen) atoms. The molecule has 1 aliphatic heterocycles. The minimum Gasteiger partial charge on any atom is -0.388 e. The van der Waals surface area contributed by atoms with Crippen LogP contribution in [0.4, 0.5) is 5.69 Å². The lowest BCUT2D eigenvalue weighted by Crippen LogP contribution is -2.12. The second-order valence-corrected chi connectivity index (χ2v) is 5.60. The number of fused-ring (bicyclic) bond motifs is 1. The van der Waals surface area contributed by atoms with Crippen molar-refractivity contribution in [1.82, 2.24) is 0 Å². The van der Waals surface area contributed by atoms with Crippen LogP contribution in [0.2, 0.25) is 0 Å². The summed E-state index contributed by atoms with van der Waals surface area (Å²) in [6.07, 6.45) is 0. The molecule has 0 spiro atoms. The number of rotatable bonds is 2. The van der Waals surface area contributed by atoms with E-state index in [1.807, 2.05) is 6.92 Å². The summed E-state index contributed by atoms with van der Waals surface area (Å²) in [6.45, 7) is 6.20. The van der Waals surface area contributed by atoms with Gasteiger partial charge in [0.05, 0.1) is 16.4 Å². The van der Waals surface area contributed by atoms with Gasteiger partial charge < -0.3 is 4.84 Å². The maximum absolute atomic E-state index is 11.0. The summed E-state index contributed by atoms with van der Waals surface area (Å²) in [5.41, 5.74) is 1.03. The van der Waals surface area contributed by atoms with E-state index in [1.54, 1.807) is 18.2 Å². The number of nitro benzene ring substituents is 1. The van der Waals surface area contributed by atoms with Gasteiger partial charge >= 0.3 is 0 Å². The van der Waals surface area contributed by atoms with Gasteiger partial charge in [0.1, 0.15) is 11.3 Å². The van der Waals surface area contributed by atoms with Gasteiger partial charge in [0.15, 0.2) is 0 Å². The molecule has 5 nitrogen and oxygen atoms in total. The van der Waals surface area contributed by atoms with Gasteiger partial charge in [0, 0.05) is 11.5 Å². The molecule has 1 fully saturated rings. The van der Waals surface area contributed by atoms with Crippen LogP contribution in [0, 0.1) is 21.4 Å². The third-order valence-electron chi connectivity index (χ3n) is 4.45. The predicted octanol–water partition coefficient (Wildman–Crippen LogP) is 2.74. The number of para-hydroxylation sites is 1. The van der Waals surface area contributed by atoms with E-state index in [2.05, 4.69) is 19.0 Å². The average Bonchev–Trinajstić information content (AvgIpc) is 2.63. The van der Waals surface area contributed by atoms with Crippen molar-refractivity contribution in [3.63, 3.8) is 0 Å². The lowest BCUT2D eigenvalue weighted by atomic mass is 9.99. The van der Waals surface area contributed by atoms with Gasteiger partial charge in [0.25, 0.3) is 5.69 Å². The van der Waals surface area contributed by atoms with Gasteiger partial charge in [0.2, 0.25) is 0 Å². The minimum atomic E-state index is -0.372. The zero-order valence-corrected chi connectivity index (χ0v) is 10.5. The summed E-state index contributed by atoms with van der Waals surface area (Å²) >= 11 is 0. The van der Waals surface area contributed by atoms with E-state index in [4.69, 9.17) is 4.84 Å². The Morgan fingerprint density at radius 2 is 2.00 bits per heavy atom. The van der Waals surface area contributed by atoms with Crippen LogP contribution in [-0.4, -0.2) is 16.2 Å². The van der Waals surface area contributed by atoms with Crippen molar-refractivity contribution in [2.24, 2.45) is 16.5 Å². The van der Waals surface area contributed by atoms with Crippen LogP contribution in [0.1, 0.15) is 26.3 Å². The first kappa shape index (κ1) is 11.2. The highest BCUT2D eigenvalue weighted by molar-refractivity contribution is 6.09. The van der Waals surface area contributed by atoms with Crippen LogP contribution in [-0.2, 0) is 4.84 Å². The Balaban J connectivity index is 2.07. The Hall–Kier alpha value is -1.91. The zero-order chi connectivity index (χ0) is 13.1. The maximum atomic E-state index is 11.0. The summed E-state index contributed by atoms with van der Waals surface area (Å²) in [4.78, 5) is 16.2. The number of hydrogen-bond acceptors (Lipinski definition) is 4. The predicted molar refractivity (Wildman–Crippen MR) is 66.4 cm³/mol. The van der Waals surface area contributed by atoms with Crippen molar-refractivity contribution >= 4 is 11.4 Å². The SMILES string of the molecule is CC1(C)[C@@H]2C(c3ccccc3[N+](=O)[O-])=NO[C@@]21C. The molecule has 0 unspecified atom stereocenters. The second kappa shape index (κ2) is 3.10. The van der Waals surface area contributed by atoms with Crippen LogP contribution in [0.3, 0.4) is 0 Å².